The van der Waals surface area contributed by atoms with Crippen LogP contribution in [0.15, 0.2) is 126 Å². The minimum Gasteiger partial charge on any atom is -0.386 e. The first-order chi connectivity index (χ1) is 21.1. The van der Waals surface area contributed by atoms with Crippen LogP contribution in [0, 0.1) is 11.3 Å². The highest BCUT2D eigenvalue weighted by atomic mass is 15.4. The van der Waals surface area contributed by atoms with Gasteiger partial charge in [0.15, 0.2) is 0 Å². The van der Waals surface area contributed by atoms with E-state index in [1.54, 1.807) is 0 Å². The van der Waals surface area contributed by atoms with E-state index in [0.29, 0.717) is 11.8 Å². The largest absolute Gasteiger partial charge is 0.386 e. The number of fused-ring (bicyclic) bond motifs is 3. The Kier molecular flexibility index (Phi) is 6.94. The first-order valence-corrected chi connectivity index (χ1v) is 16.2. The predicted octanol–water partition coefficient (Wildman–Crippen LogP) is 7.46. The maximum absolute atomic E-state index is 4.05. The Balaban J connectivity index is 1.14. The van der Waals surface area contributed by atoms with E-state index in [1.807, 2.05) is 0 Å². The molecule has 4 N–H and O–H groups in total. The molecule has 3 aromatic carbocycles. The molecule has 0 spiro atoms. The summed E-state index contributed by atoms with van der Waals surface area (Å²) < 4.78 is 0. The Morgan fingerprint density at radius 1 is 0.837 bits per heavy atom. The summed E-state index contributed by atoms with van der Waals surface area (Å²) in [4.78, 5) is 0. The van der Waals surface area contributed by atoms with E-state index in [0.717, 1.165) is 25.8 Å². The molecule has 0 amide bonds. The van der Waals surface area contributed by atoms with Crippen LogP contribution in [0.5, 0.6) is 0 Å². The zero-order valence-electron chi connectivity index (χ0n) is 25.0. The summed E-state index contributed by atoms with van der Waals surface area (Å²) in [6.45, 7) is 3.34. The minimum absolute atomic E-state index is 0.0248. The van der Waals surface area contributed by atoms with Crippen molar-refractivity contribution in [3.63, 3.8) is 0 Å². The van der Waals surface area contributed by atoms with Crippen molar-refractivity contribution in [3.05, 3.63) is 132 Å². The summed E-state index contributed by atoms with van der Waals surface area (Å²) in [5.41, 5.74) is 5.76. The Labute approximate surface area is 255 Å². The summed E-state index contributed by atoms with van der Waals surface area (Å²) in [5, 5.41) is 20.8. The lowest BCUT2D eigenvalue weighted by molar-refractivity contribution is 0.101. The first-order valence-electron chi connectivity index (χ1n) is 16.2. The maximum atomic E-state index is 4.05. The van der Waals surface area contributed by atoms with Gasteiger partial charge in [-0.25, -0.2) is 0 Å². The molecule has 2 aliphatic heterocycles. The van der Waals surface area contributed by atoms with E-state index in [2.05, 4.69) is 138 Å². The van der Waals surface area contributed by atoms with Gasteiger partial charge in [-0.15, -0.1) is 0 Å². The van der Waals surface area contributed by atoms with Crippen LogP contribution in [0.2, 0.25) is 0 Å². The molecule has 6 atom stereocenters. The zero-order chi connectivity index (χ0) is 28.8. The van der Waals surface area contributed by atoms with E-state index < -0.39 is 0 Å². The third-order valence-electron chi connectivity index (χ3n) is 10.5. The van der Waals surface area contributed by atoms with Gasteiger partial charge < -0.3 is 5.32 Å². The Morgan fingerprint density at radius 2 is 1.72 bits per heavy atom. The van der Waals surface area contributed by atoms with Gasteiger partial charge in [0.1, 0.15) is 0 Å². The second-order valence-electron chi connectivity index (χ2n) is 13.3. The van der Waals surface area contributed by atoms with E-state index >= 15 is 0 Å². The van der Waals surface area contributed by atoms with Gasteiger partial charge in [0, 0.05) is 24.1 Å². The molecule has 5 aliphatic rings. The SMILES string of the molecule is CC1(C2NC(C3=CC=C(C4=CNC4)C(c4ccc5c(ccc6ccccc65)c4)C3)NC(C3CC=CCC3)N2)C=CC=CC1. The third kappa shape index (κ3) is 5.02. The molecule has 0 radical (unpaired) electrons. The molecule has 1 fully saturated rings. The maximum Gasteiger partial charge on any atom is 0.0822 e. The van der Waals surface area contributed by atoms with E-state index in [9.17, 15) is 0 Å². The molecule has 43 heavy (non-hydrogen) atoms. The first kappa shape index (κ1) is 26.9. The van der Waals surface area contributed by atoms with Crippen molar-refractivity contribution in [2.24, 2.45) is 11.3 Å². The molecule has 8 rings (SSSR count). The van der Waals surface area contributed by atoms with Gasteiger partial charge in [-0.3, -0.25) is 16.0 Å². The van der Waals surface area contributed by atoms with Crippen molar-refractivity contribution in [3.8, 4) is 0 Å². The van der Waals surface area contributed by atoms with E-state index in [1.165, 1.54) is 56.7 Å². The van der Waals surface area contributed by atoms with Crippen LogP contribution >= 0.6 is 0 Å². The summed E-state index contributed by atoms with van der Waals surface area (Å²) in [5.74, 6) is 0.918. The van der Waals surface area contributed by atoms with Gasteiger partial charge in [-0.1, -0.05) is 110 Å². The Hall–Kier alpha value is -3.70. The summed E-state index contributed by atoms with van der Waals surface area (Å²) >= 11 is 0. The quantitative estimate of drug-likeness (QED) is 0.191. The fourth-order valence-electron chi connectivity index (χ4n) is 7.82. The zero-order valence-corrected chi connectivity index (χ0v) is 25.0. The highest BCUT2D eigenvalue weighted by Gasteiger charge is 2.41. The Morgan fingerprint density at radius 3 is 2.53 bits per heavy atom. The highest BCUT2D eigenvalue weighted by molar-refractivity contribution is 6.07. The van der Waals surface area contributed by atoms with Gasteiger partial charge in [0.2, 0.25) is 0 Å². The van der Waals surface area contributed by atoms with Crippen molar-refractivity contribution < 1.29 is 0 Å². The lowest BCUT2D eigenvalue weighted by atomic mass is 9.76. The normalized spacial score (nSPS) is 32.1. The molecule has 1 saturated heterocycles. The number of nitrogens with one attached hydrogen (secondary N) is 4. The molecule has 0 saturated carbocycles. The van der Waals surface area contributed by atoms with Crippen molar-refractivity contribution in [2.75, 3.05) is 6.54 Å². The highest BCUT2D eigenvalue weighted by Crippen LogP contribution is 2.42. The molecule has 4 nitrogen and oxygen atoms in total. The van der Waals surface area contributed by atoms with Gasteiger partial charge >= 0.3 is 0 Å². The summed E-state index contributed by atoms with van der Waals surface area (Å²) in [6, 6.07) is 20.5. The van der Waals surface area contributed by atoms with Crippen LogP contribution < -0.4 is 21.3 Å². The molecule has 218 valence electrons. The van der Waals surface area contributed by atoms with Crippen LogP contribution in [0.4, 0.5) is 0 Å². The average molecular weight is 567 g/mol. The second-order valence-corrected chi connectivity index (χ2v) is 13.3. The summed E-state index contributed by atoms with van der Waals surface area (Å²) in [6.07, 6.45) is 27.0. The number of benzene rings is 3. The molecule has 0 aromatic heterocycles. The monoisotopic (exact) mass is 566 g/mol. The Bertz CT molecular complexity index is 1740. The molecular formula is C39H42N4. The molecular weight excluding hydrogens is 524 g/mol. The van der Waals surface area contributed by atoms with Crippen molar-refractivity contribution in [1.29, 1.82) is 0 Å². The van der Waals surface area contributed by atoms with Crippen LogP contribution in [-0.2, 0) is 0 Å². The summed E-state index contributed by atoms with van der Waals surface area (Å²) in [7, 11) is 0. The molecule has 3 aliphatic carbocycles. The van der Waals surface area contributed by atoms with E-state index in [4.69, 9.17) is 0 Å². The number of hydrogen-bond donors (Lipinski definition) is 4. The molecule has 0 bridgehead atoms. The van der Waals surface area contributed by atoms with Crippen molar-refractivity contribution in [1.82, 2.24) is 21.3 Å². The van der Waals surface area contributed by atoms with Gasteiger partial charge in [-0.2, -0.15) is 0 Å². The fraction of sp³-hybridized carbons (Fsp3) is 0.333. The third-order valence-corrected chi connectivity index (χ3v) is 10.5. The van der Waals surface area contributed by atoms with Gasteiger partial charge in [-0.05, 0) is 81.8 Å². The van der Waals surface area contributed by atoms with Crippen LogP contribution in [-0.4, -0.2) is 25.0 Å². The number of rotatable bonds is 5. The standard InChI is InChI=1S/C39H42N4/c1-39(20-8-3-9-21-39)38-42-36(27-11-4-2-5-12-27)41-37(43-38)30-17-19-34(31-24-40-25-31)35(23-30)29-16-18-33-28(22-29)15-14-26-10-6-7-13-32(26)33/h2-4,6-10,13-20,22,24,27,35-38,40-43H,5,11-12,21,23,25H2,1H3. The topological polar surface area (TPSA) is 48.1 Å². The van der Waals surface area contributed by atoms with Crippen molar-refractivity contribution >= 4 is 21.5 Å². The molecule has 6 unspecified atom stereocenters. The van der Waals surface area contributed by atoms with Gasteiger partial charge in [0.25, 0.3) is 0 Å². The molecule has 4 heteroatoms. The molecule has 2 heterocycles. The smallest absolute Gasteiger partial charge is 0.0822 e. The number of hydrogen-bond acceptors (Lipinski definition) is 4. The average Bonchev–Trinajstić information content (AvgIpc) is 3.04. The molecule has 3 aromatic rings. The second kappa shape index (κ2) is 11.1. The fourth-order valence-corrected chi connectivity index (χ4v) is 7.82. The van der Waals surface area contributed by atoms with E-state index in [-0.39, 0.29) is 23.9 Å². The van der Waals surface area contributed by atoms with Crippen molar-refractivity contribution in [2.45, 2.75) is 63.4 Å². The number of allylic oxidation sites excluding steroid dienone is 7. The predicted molar refractivity (Wildman–Crippen MR) is 179 cm³/mol. The van der Waals surface area contributed by atoms with Crippen LogP contribution in [0.3, 0.4) is 0 Å². The van der Waals surface area contributed by atoms with Gasteiger partial charge in [0.05, 0.1) is 18.5 Å². The lowest BCUT2D eigenvalue weighted by Crippen LogP contribution is -2.72. The van der Waals surface area contributed by atoms with Crippen LogP contribution in [0.1, 0.15) is 50.5 Å². The van der Waals surface area contributed by atoms with Crippen LogP contribution in [0.25, 0.3) is 21.5 Å². The minimum atomic E-state index is 0.0248. The lowest BCUT2D eigenvalue weighted by Gasteiger charge is -2.49.